The van der Waals surface area contributed by atoms with E-state index in [1.54, 1.807) is 31.4 Å². The molecule has 0 aliphatic carbocycles. The van der Waals surface area contributed by atoms with Crippen LogP contribution in [0.3, 0.4) is 0 Å². The number of cyclic esters (lactones) is 1. The van der Waals surface area contributed by atoms with Crippen LogP contribution >= 0.6 is 11.6 Å². The van der Waals surface area contributed by atoms with Crippen LogP contribution in [0.2, 0.25) is 5.02 Å². The molecule has 20 heavy (non-hydrogen) atoms. The Hall–Kier alpha value is -2.20. The predicted octanol–water partition coefficient (Wildman–Crippen LogP) is 3.63. The number of fused-ring (bicyclic) bond motifs is 1. The van der Waals surface area contributed by atoms with Crippen LogP contribution < -0.4 is 10.1 Å². The van der Waals surface area contributed by atoms with Crippen molar-refractivity contribution in [2.24, 2.45) is 0 Å². The van der Waals surface area contributed by atoms with Gasteiger partial charge in [0.2, 0.25) is 6.23 Å². The van der Waals surface area contributed by atoms with Crippen molar-refractivity contribution in [3.8, 4) is 5.75 Å². The fourth-order valence-corrected chi connectivity index (χ4v) is 2.36. The second-order valence-corrected chi connectivity index (χ2v) is 4.80. The quantitative estimate of drug-likeness (QED) is 0.877. The van der Waals surface area contributed by atoms with Gasteiger partial charge in [0.15, 0.2) is 0 Å². The summed E-state index contributed by atoms with van der Waals surface area (Å²) in [6.07, 6.45) is -0.536. The van der Waals surface area contributed by atoms with Gasteiger partial charge in [0.25, 0.3) is 0 Å². The molecule has 1 aliphatic rings. The minimum atomic E-state index is -0.536. The van der Waals surface area contributed by atoms with Gasteiger partial charge in [-0.05, 0) is 24.3 Å². The maximum absolute atomic E-state index is 11.8. The molecule has 0 radical (unpaired) electrons. The predicted molar refractivity (Wildman–Crippen MR) is 76.2 cm³/mol. The number of hydrogen-bond donors (Lipinski definition) is 1. The first kappa shape index (κ1) is 12.8. The highest BCUT2D eigenvalue weighted by Crippen LogP contribution is 2.35. The zero-order valence-corrected chi connectivity index (χ0v) is 11.5. The second kappa shape index (κ2) is 5.06. The van der Waals surface area contributed by atoms with Crippen molar-refractivity contribution in [3.05, 3.63) is 58.6 Å². The topological polar surface area (TPSA) is 47.6 Å². The molecule has 102 valence electrons. The highest BCUT2D eigenvalue weighted by atomic mass is 35.5. The normalized spacial score (nSPS) is 16.5. The minimum Gasteiger partial charge on any atom is -0.495 e. The summed E-state index contributed by atoms with van der Waals surface area (Å²) in [5.74, 6) is 0.300. The Morgan fingerprint density at radius 1 is 1.25 bits per heavy atom. The largest absolute Gasteiger partial charge is 0.495 e. The van der Waals surface area contributed by atoms with Crippen LogP contribution in [0.25, 0.3) is 0 Å². The van der Waals surface area contributed by atoms with E-state index in [1.807, 2.05) is 18.2 Å². The van der Waals surface area contributed by atoms with Gasteiger partial charge >= 0.3 is 5.97 Å². The monoisotopic (exact) mass is 289 g/mol. The zero-order valence-electron chi connectivity index (χ0n) is 10.7. The third-order valence-corrected chi connectivity index (χ3v) is 3.37. The number of carbonyl (C=O) groups is 1. The molecule has 4 nitrogen and oxygen atoms in total. The lowest BCUT2D eigenvalue weighted by molar-refractivity contribution is 0.0436. The smallest absolute Gasteiger partial charge is 0.340 e. The van der Waals surface area contributed by atoms with E-state index < -0.39 is 6.23 Å². The Labute approximate surface area is 121 Å². The minimum absolute atomic E-state index is 0.334. The zero-order chi connectivity index (χ0) is 14.1. The first-order valence-electron chi connectivity index (χ1n) is 6.09. The molecule has 1 heterocycles. The molecular weight excluding hydrogens is 278 g/mol. The average molecular weight is 290 g/mol. The van der Waals surface area contributed by atoms with Crippen LogP contribution in [-0.4, -0.2) is 13.1 Å². The van der Waals surface area contributed by atoms with Crippen molar-refractivity contribution in [1.82, 2.24) is 0 Å². The molecule has 1 unspecified atom stereocenters. The van der Waals surface area contributed by atoms with Crippen LogP contribution in [0.1, 0.15) is 22.1 Å². The summed E-state index contributed by atoms with van der Waals surface area (Å²) in [6.45, 7) is 0. The maximum Gasteiger partial charge on any atom is 0.340 e. The lowest BCUT2D eigenvalue weighted by Crippen LogP contribution is -2.11. The first-order valence-corrected chi connectivity index (χ1v) is 6.47. The van der Waals surface area contributed by atoms with Crippen LogP contribution in [0, 0.1) is 0 Å². The van der Waals surface area contributed by atoms with Crippen LogP contribution in [0.5, 0.6) is 5.75 Å². The third-order valence-electron chi connectivity index (χ3n) is 3.14. The molecule has 1 aliphatic heterocycles. The molecule has 2 aromatic carbocycles. The number of halogens is 1. The van der Waals surface area contributed by atoms with Crippen molar-refractivity contribution >= 4 is 23.3 Å². The van der Waals surface area contributed by atoms with E-state index in [0.29, 0.717) is 22.0 Å². The number of benzene rings is 2. The van der Waals surface area contributed by atoms with Crippen molar-refractivity contribution < 1.29 is 14.3 Å². The van der Waals surface area contributed by atoms with Gasteiger partial charge in [-0.3, -0.25) is 0 Å². The Kier molecular flexibility index (Phi) is 3.24. The molecule has 0 saturated carbocycles. The number of esters is 1. The number of carbonyl (C=O) groups excluding carboxylic acids is 1. The van der Waals surface area contributed by atoms with Crippen molar-refractivity contribution in [2.75, 3.05) is 12.4 Å². The Morgan fingerprint density at radius 2 is 2.05 bits per heavy atom. The number of nitrogens with one attached hydrogen (secondary N) is 1. The van der Waals surface area contributed by atoms with E-state index >= 15 is 0 Å². The summed E-state index contributed by atoms with van der Waals surface area (Å²) in [6, 6.07) is 12.5. The fraction of sp³-hybridized carbons (Fsp3) is 0.133. The van der Waals surface area contributed by atoms with E-state index in [2.05, 4.69) is 5.32 Å². The van der Waals surface area contributed by atoms with Crippen LogP contribution in [-0.2, 0) is 4.74 Å². The van der Waals surface area contributed by atoms with Gasteiger partial charge in [0, 0.05) is 10.6 Å². The van der Waals surface area contributed by atoms with Crippen molar-refractivity contribution in [2.45, 2.75) is 6.23 Å². The van der Waals surface area contributed by atoms with Gasteiger partial charge in [-0.25, -0.2) is 4.79 Å². The molecular formula is C15H12ClNO3. The standard InChI is InChI=1S/C15H12ClNO3/c1-19-13-7-6-9(16)8-12(13)17-14-10-4-2-3-5-11(10)15(18)20-14/h2-8,14,17H,1H3. The molecule has 0 spiro atoms. The van der Waals surface area contributed by atoms with E-state index in [1.165, 1.54) is 0 Å². The lowest BCUT2D eigenvalue weighted by atomic mass is 10.1. The van der Waals surface area contributed by atoms with E-state index in [9.17, 15) is 4.79 Å². The SMILES string of the molecule is COc1ccc(Cl)cc1NC1OC(=O)c2ccccc21. The molecule has 0 fully saturated rings. The molecule has 0 bridgehead atoms. The third kappa shape index (κ3) is 2.18. The van der Waals surface area contributed by atoms with Crippen molar-refractivity contribution in [3.63, 3.8) is 0 Å². The Balaban J connectivity index is 1.94. The van der Waals surface area contributed by atoms with E-state index in [-0.39, 0.29) is 5.97 Å². The number of methoxy groups -OCH3 is 1. The van der Waals surface area contributed by atoms with E-state index in [4.69, 9.17) is 21.1 Å². The molecule has 2 aromatic rings. The van der Waals surface area contributed by atoms with Gasteiger partial charge in [-0.15, -0.1) is 0 Å². The summed E-state index contributed by atoms with van der Waals surface area (Å²) >= 11 is 5.98. The molecule has 3 rings (SSSR count). The molecule has 0 aromatic heterocycles. The highest BCUT2D eigenvalue weighted by Gasteiger charge is 2.30. The summed E-state index contributed by atoms with van der Waals surface area (Å²) < 4.78 is 10.6. The first-order chi connectivity index (χ1) is 9.69. The lowest BCUT2D eigenvalue weighted by Gasteiger charge is -2.17. The Morgan fingerprint density at radius 3 is 2.85 bits per heavy atom. The second-order valence-electron chi connectivity index (χ2n) is 4.36. The molecule has 1 N–H and O–H groups in total. The van der Waals surface area contributed by atoms with Gasteiger partial charge in [0.1, 0.15) is 5.75 Å². The molecule has 0 amide bonds. The maximum atomic E-state index is 11.8. The van der Waals surface area contributed by atoms with E-state index in [0.717, 1.165) is 5.56 Å². The number of ether oxygens (including phenoxy) is 2. The van der Waals surface area contributed by atoms with Gasteiger partial charge < -0.3 is 14.8 Å². The van der Waals surface area contributed by atoms with Gasteiger partial charge in [-0.1, -0.05) is 29.8 Å². The molecule has 5 heteroatoms. The highest BCUT2D eigenvalue weighted by molar-refractivity contribution is 6.30. The average Bonchev–Trinajstić information content (AvgIpc) is 2.76. The molecule has 0 saturated heterocycles. The Bertz CT molecular complexity index is 672. The summed E-state index contributed by atoms with van der Waals surface area (Å²) in [7, 11) is 1.57. The number of rotatable bonds is 3. The molecule has 1 atom stereocenters. The summed E-state index contributed by atoms with van der Waals surface area (Å²) in [5, 5.41) is 3.71. The van der Waals surface area contributed by atoms with Gasteiger partial charge in [0.05, 0.1) is 18.4 Å². The summed E-state index contributed by atoms with van der Waals surface area (Å²) in [5.41, 5.74) is 2.06. The number of anilines is 1. The number of hydrogen-bond acceptors (Lipinski definition) is 4. The van der Waals surface area contributed by atoms with Crippen LogP contribution in [0.4, 0.5) is 5.69 Å². The van der Waals surface area contributed by atoms with Gasteiger partial charge in [-0.2, -0.15) is 0 Å². The van der Waals surface area contributed by atoms with Crippen molar-refractivity contribution in [1.29, 1.82) is 0 Å². The summed E-state index contributed by atoms with van der Waals surface area (Å²) in [4.78, 5) is 11.8. The van der Waals surface area contributed by atoms with Crippen LogP contribution in [0.15, 0.2) is 42.5 Å². The fourth-order valence-electron chi connectivity index (χ4n) is 2.19.